The van der Waals surface area contributed by atoms with Gasteiger partial charge < -0.3 is 20.6 Å². The molecular formula is C20H18ClN5O2. The third-order valence-electron chi connectivity index (χ3n) is 4.83. The molecule has 4 aromatic rings. The van der Waals surface area contributed by atoms with Crippen LogP contribution >= 0.6 is 11.6 Å². The van der Waals surface area contributed by atoms with Crippen LogP contribution in [-0.2, 0) is 7.05 Å². The van der Waals surface area contributed by atoms with E-state index in [9.17, 15) is 9.59 Å². The number of primary amides is 1. The Hall–Kier alpha value is -3.32. The minimum absolute atomic E-state index is 0.109. The number of aromatic amines is 1. The van der Waals surface area contributed by atoms with Gasteiger partial charge in [-0.05, 0) is 42.8 Å². The number of amides is 2. The Morgan fingerprint density at radius 3 is 2.75 bits per heavy atom. The van der Waals surface area contributed by atoms with Gasteiger partial charge in [0, 0.05) is 23.0 Å². The molecule has 0 saturated heterocycles. The Morgan fingerprint density at radius 2 is 2.00 bits per heavy atom. The van der Waals surface area contributed by atoms with Gasteiger partial charge in [0.1, 0.15) is 5.69 Å². The Morgan fingerprint density at radius 1 is 1.21 bits per heavy atom. The quantitative estimate of drug-likeness (QED) is 0.493. The van der Waals surface area contributed by atoms with E-state index in [4.69, 9.17) is 17.3 Å². The van der Waals surface area contributed by atoms with E-state index >= 15 is 0 Å². The summed E-state index contributed by atoms with van der Waals surface area (Å²) in [7, 11) is 1.83. The molecule has 7 nitrogen and oxygen atoms in total. The molecule has 1 atom stereocenters. The van der Waals surface area contributed by atoms with Crippen LogP contribution in [0.4, 0.5) is 0 Å². The van der Waals surface area contributed by atoms with Crippen LogP contribution in [0.15, 0.2) is 42.5 Å². The smallest absolute Gasteiger partial charge is 0.284 e. The fourth-order valence-corrected chi connectivity index (χ4v) is 3.45. The average Bonchev–Trinajstić information content (AvgIpc) is 3.23. The Balaban J connectivity index is 1.60. The Kier molecular flexibility index (Phi) is 4.31. The zero-order valence-corrected chi connectivity index (χ0v) is 16.0. The number of hydrogen-bond donors (Lipinski definition) is 3. The van der Waals surface area contributed by atoms with Gasteiger partial charge in [0.15, 0.2) is 5.82 Å². The standard InChI is InChI=1S/C20H18ClN5O2/c1-10(11-4-6-14-15(7-11)25-19(24-14)18(22)27)23-20(28)17-8-12-3-5-13(21)9-16(12)26(17)2/h3-10H,1-2H3,(H2,22,27)(H,23,28)(H,24,25). The molecule has 2 amide bonds. The number of H-pyrrole nitrogens is 1. The van der Waals surface area contributed by atoms with Crippen molar-refractivity contribution in [1.29, 1.82) is 0 Å². The molecular weight excluding hydrogens is 378 g/mol. The number of nitrogens with two attached hydrogens (primary N) is 1. The molecule has 4 rings (SSSR count). The summed E-state index contributed by atoms with van der Waals surface area (Å²) in [6.45, 7) is 1.89. The van der Waals surface area contributed by atoms with Crippen LogP contribution in [0.2, 0.25) is 5.02 Å². The number of nitrogens with zero attached hydrogens (tertiary/aromatic N) is 2. The first-order valence-corrected chi connectivity index (χ1v) is 9.06. The van der Waals surface area contributed by atoms with E-state index in [1.54, 1.807) is 12.1 Å². The fraction of sp³-hybridized carbons (Fsp3) is 0.150. The van der Waals surface area contributed by atoms with Crippen molar-refractivity contribution in [2.24, 2.45) is 12.8 Å². The highest BCUT2D eigenvalue weighted by atomic mass is 35.5. The topological polar surface area (TPSA) is 106 Å². The summed E-state index contributed by atoms with van der Waals surface area (Å²) in [5.74, 6) is -0.696. The molecule has 2 aromatic carbocycles. The van der Waals surface area contributed by atoms with Gasteiger partial charge in [-0.2, -0.15) is 0 Å². The van der Waals surface area contributed by atoms with Crippen molar-refractivity contribution in [3.05, 3.63) is 64.6 Å². The van der Waals surface area contributed by atoms with Gasteiger partial charge >= 0.3 is 0 Å². The lowest BCUT2D eigenvalue weighted by molar-refractivity contribution is 0.0931. The highest BCUT2D eigenvalue weighted by Gasteiger charge is 2.17. The highest BCUT2D eigenvalue weighted by Crippen LogP contribution is 2.24. The third kappa shape index (κ3) is 3.10. The summed E-state index contributed by atoms with van der Waals surface area (Å²) in [6.07, 6.45) is 0. The lowest BCUT2D eigenvalue weighted by Gasteiger charge is -2.15. The van der Waals surface area contributed by atoms with Crippen molar-refractivity contribution in [2.45, 2.75) is 13.0 Å². The number of aryl methyl sites for hydroxylation is 1. The number of nitrogens with one attached hydrogen (secondary N) is 2. The fourth-order valence-electron chi connectivity index (χ4n) is 3.29. The number of aromatic nitrogens is 3. The lowest BCUT2D eigenvalue weighted by Crippen LogP contribution is -2.28. The van der Waals surface area contributed by atoms with Crippen LogP contribution in [0, 0.1) is 0 Å². The molecule has 0 spiro atoms. The summed E-state index contributed by atoms with van der Waals surface area (Å²) >= 11 is 6.06. The molecule has 0 aliphatic rings. The van der Waals surface area contributed by atoms with Gasteiger partial charge in [-0.1, -0.05) is 23.7 Å². The normalized spacial score (nSPS) is 12.4. The number of rotatable bonds is 4. The van der Waals surface area contributed by atoms with E-state index < -0.39 is 5.91 Å². The van der Waals surface area contributed by atoms with E-state index in [0.717, 1.165) is 16.5 Å². The zero-order chi connectivity index (χ0) is 20.0. The maximum atomic E-state index is 12.8. The molecule has 4 N–H and O–H groups in total. The summed E-state index contributed by atoms with van der Waals surface area (Å²) in [4.78, 5) is 31.1. The SMILES string of the molecule is CC(NC(=O)c1cc2ccc(Cl)cc2n1C)c1ccc2nc(C(N)=O)[nH]c2c1. The van der Waals surface area contributed by atoms with E-state index in [1.807, 2.05) is 48.9 Å². The molecule has 0 aliphatic carbocycles. The van der Waals surface area contributed by atoms with Gasteiger partial charge in [-0.25, -0.2) is 4.98 Å². The lowest BCUT2D eigenvalue weighted by atomic mass is 10.1. The number of carbonyl (C=O) groups is 2. The largest absolute Gasteiger partial charge is 0.363 e. The number of imidazole rings is 1. The molecule has 28 heavy (non-hydrogen) atoms. The van der Waals surface area contributed by atoms with Gasteiger partial charge in [-0.15, -0.1) is 0 Å². The van der Waals surface area contributed by atoms with Crippen LogP contribution in [-0.4, -0.2) is 26.3 Å². The molecule has 0 fully saturated rings. The second-order valence-electron chi connectivity index (χ2n) is 6.71. The van der Waals surface area contributed by atoms with Crippen LogP contribution in [0.25, 0.3) is 21.9 Å². The maximum absolute atomic E-state index is 12.8. The molecule has 0 bridgehead atoms. The second kappa shape index (κ2) is 6.69. The van der Waals surface area contributed by atoms with Gasteiger partial charge in [0.2, 0.25) is 0 Å². The monoisotopic (exact) mass is 395 g/mol. The number of benzene rings is 2. The van der Waals surface area contributed by atoms with E-state index in [0.29, 0.717) is 21.7 Å². The van der Waals surface area contributed by atoms with Crippen LogP contribution in [0.3, 0.4) is 0 Å². The first-order chi connectivity index (χ1) is 13.3. The summed E-state index contributed by atoms with van der Waals surface area (Å²) in [5, 5.41) is 4.57. The molecule has 0 aliphatic heterocycles. The first-order valence-electron chi connectivity index (χ1n) is 8.69. The van der Waals surface area contributed by atoms with E-state index in [2.05, 4.69) is 15.3 Å². The summed E-state index contributed by atoms with van der Waals surface area (Å²) in [6, 6.07) is 12.6. The number of halogens is 1. The van der Waals surface area contributed by atoms with Crippen molar-refractivity contribution < 1.29 is 9.59 Å². The van der Waals surface area contributed by atoms with Crippen molar-refractivity contribution >= 4 is 45.4 Å². The first kappa shape index (κ1) is 18.1. The molecule has 1 unspecified atom stereocenters. The molecule has 0 saturated carbocycles. The van der Waals surface area contributed by atoms with Crippen molar-refractivity contribution in [3.63, 3.8) is 0 Å². The van der Waals surface area contributed by atoms with Crippen molar-refractivity contribution in [1.82, 2.24) is 19.9 Å². The highest BCUT2D eigenvalue weighted by molar-refractivity contribution is 6.31. The third-order valence-corrected chi connectivity index (χ3v) is 5.06. The van der Waals surface area contributed by atoms with Crippen LogP contribution in [0.5, 0.6) is 0 Å². The molecule has 142 valence electrons. The number of fused-ring (bicyclic) bond motifs is 2. The molecule has 2 aromatic heterocycles. The number of hydrogen-bond acceptors (Lipinski definition) is 3. The zero-order valence-electron chi connectivity index (χ0n) is 15.3. The molecule has 8 heteroatoms. The summed E-state index contributed by atoms with van der Waals surface area (Å²) < 4.78 is 1.82. The Labute approximate surface area is 165 Å². The maximum Gasteiger partial charge on any atom is 0.284 e. The van der Waals surface area contributed by atoms with E-state index in [-0.39, 0.29) is 17.8 Å². The Bertz CT molecular complexity index is 1240. The van der Waals surface area contributed by atoms with Crippen molar-refractivity contribution in [3.8, 4) is 0 Å². The summed E-state index contributed by atoms with van der Waals surface area (Å²) in [5.41, 5.74) is 8.90. The minimum atomic E-state index is -0.616. The number of carbonyl (C=O) groups excluding carboxylic acids is 2. The molecule has 2 heterocycles. The van der Waals surface area contributed by atoms with Crippen LogP contribution < -0.4 is 11.1 Å². The predicted molar refractivity (Wildman–Crippen MR) is 108 cm³/mol. The van der Waals surface area contributed by atoms with Crippen molar-refractivity contribution in [2.75, 3.05) is 0 Å². The average molecular weight is 396 g/mol. The minimum Gasteiger partial charge on any atom is -0.363 e. The van der Waals surface area contributed by atoms with Gasteiger partial charge in [0.25, 0.3) is 11.8 Å². The predicted octanol–water partition coefficient (Wildman–Crippen LogP) is 3.30. The second-order valence-corrected chi connectivity index (χ2v) is 7.15. The molecule has 0 radical (unpaired) electrons. The van der Waals surface area contributed by atoms with Crippen LogP contribution in [0.1, 0.15) is 39.6 Å². The van der Waals surface area contributed by atoms with E-state index in [1.165, 1.54) is 0 Å². The van der Waals surface area contributed by atoms with Gasteiger partial charge in [-0.3, -0.25) is 9.59 Å². The van der Waals surface area contributed by atoms with Gasteiger partial charge in [0.05, 0.1) is 17.1 Å².